The van der Waals surface area contributed by atoms with Crippen LogP contribution in [-0.4, -0.2) is 35.0 Å². The molecular weight excluding hydrogens is 206 g/mol. The molecule has 4 heteroatoms. The number of carbonyl (C=O) groups is 2. The standard InChI is InChI=1S/C12H19NO3/c1-7-5-13(6-8(7)11(15)16)10(14)9-4-12(9,2)3/h7-9H,4-6H2,1-3H3,(H,15,16). The summed E-state index contributed by atoms with van der Waals surface area (Å²) < 4.78 is 0. The number of carboxylic acids is 1. The lowest BCUT2D eigenvalue weighted by atomic mass is 9.99. The molecule has 1 heterocycles. The van der Waals surface area contributed by atoms with Crippen molar-refractivity contribution < 1.29 is 14.7 Å². The largest absolute Gasteiger partial charge is 0.481 e. The van der Waals surface area contributed by atoms with Crippen molar-refractivity contribution in [1.29, 1.82) is 0 Å². The van der Waals surface area contributed by atoms with Crippen LogP contribution in [0.4, 0.5) is 0 Å². The predicted molar refractivity (Wildman–Crippen MR) is 58.8 cm³/mol. The number of rotatable bonds is 2. The number of carbonyl (C=O) groups excluding carboxylic acids is 1. The van der Waals surface area contributed by atoms with E-state index in [2.05, 4.69) is 13.8 Å². The van der Waals surface area contributed by atoms with Crippen molar-refractivity contribution in [3.63, 3.8) is 0 Å². The monoisotopic (exact) mass is 225 g/mol. The molecule has 2 fully saturated rings. The zero-order chi connectivity index (χ0) is 12.1. The third kappa shape index (κ3) is 1.81. The van der Waals surface area contributed by atoms with Gasteiger partial charge in [0.25, 0.3) is 0 Å². The highest BCUT2D eigenvalue weighted by atomic mass is 16.4. The Hall–Kier alpha value is -1.06. The Kier molecular flexibility index (Phi) is 2.48. The second kappa shape index (κ2) is 3.47. The fourth-order valence-corrected chi connectivity index (χ4v) is 2.58. The number of hydrogen-bond acceptors (Lipinski definition) is 2. The summed E-state index contributed by atoms with van der Waals surface area (Å²) in [6.45, 7) is 7.07. The van der Waals surface area contributed by atoms with Gasteiger partial charge >= 0.3 is 5.97 Å². The number of nitrogens with zero attached hydrogens (tertiary/aromatic N) is 1. The lowest BCUT2D eigenvalue weighted by Gasteiger charge is -2.16. The van der Waals surface area contributed by atoms with Crippen molar-refractivity contribution in [1.82, 2.24) is 4.90 Å². The molecule has 0 spiro atoms. The third-order valence-electron chi connectivity index (χ3n) is 4.05. The van der Waals surface area contributed by atoms with Gasteiger partial charge in [-0.05, 0) is 17.8 Å². The molecule has 0 bridgehead atoms. The lowest BCUT2D eigenvalue weighted by Crippen LogP contribution is -2.32. The smallest absolute Gasteiger partial charge is 0.308 e. The normalized spacial score (nSPS) is 36.2. The molecule has 90 valence electrons. The minimum Gasteiger partial charge on any atom is -0.481 e. The quantitative estimate of drug-likeness (QED) is 0.768. The Morgan fingerprint density at radius 1 is 1.31 bits per heavy atom. The molecule has 0 aromatic rings. The zero-order valence-electron chi connectivity index (χ0n) is 10.1. The van der Waals surface area contributed by atoms with E-state index in [9.17, 15) is 9.59 Å². The first-order valence-electron chi connectivity index (χ1n) is 5.84. The van der Waals surface area contributed by atoms with Crippen LogP contribution in [0.15, 0.2) is 0 Å². The molecule has 16 heavy (non-hydrogen) atoms. The number of hydrogen-bond donors (Lipinski definition) is 1. The molecule has 1 saturated heterocycles. The Labute approximate surface area is 95.6 Å². The van der Waals surface area contributed by atoms with Crippen LogP contribution >= 0.6 is 0 Å². The molecule has 2 aliphatic rings. The molecule has 1 saturated carbocycles. The first-order chi connectivity index (χ1) is 7.33. The van der Waals surface area contributed by atoms with Gasteiger partial charge in [-0.25, -0.2) is 0 Å². The molecular formula is C12H19NO3. The van der Waals surface area contributed by atoms with E-state index in [-0.39, 0.29) is 29.1 Å². The van der Waals surface area contributed by atoms with Crippen LogP contribution in [0.5, 0.6) is 0 Å². The number of carboxylic acid groups (broad SMARTS) is 1. The topological polar surface area (TPSA) is 57.6 Å². The first kappa shape index (κ1) is 11.4. The highest BCUT2D eigenvalue weighted by molar-refractivity contribution is 5.84. The van der Waals surface area contributed by atoms with Gasteiger partial charge in [-0.3, -0.25) is 9.59 Å². The van der Waals surface area contributed by atoms with E-state index in [1.165, 1.54) is 0 Å². The molecule has 0 aromatic heterocycles. The van der Waals surface area contributed by atoms with E-state index >= 15 is 0 Å². The van der Waals surface area contributed by atoms with E-state index in [0.717, 1.165) is 6.42 Å². The van der Waals surface area contributed by atoms with Crippen molar-refractivity contribution in [2.24, 2.45) is 23.2 Å². The molecule has 4 nitrogen and oxygen atoms in total. The van der Waals surface area contributed by atoms with E-state index in [1.807, 2.05) is 6.92 Å². The zero-order valence-corrected chi connectivity index (χ0v) is 10.1. The van der Waals surface area contributed by atoms with E-state index in [4.69, 9.17) is 5.11 Å². The predicted octanol–water partition coefficient (Wildman–Crippen LogP) is 1.21. The minimum absolute atomic E-state index is 0.0725. The van der Waals surface area contributed by atoms with Gasteiger partial charge in [0.1, 0.15) is 0 Å². The lowest BCUT2D eigenvalue weighted by molar-refractivity contribution is -0.142. The second-order valence-electron chi connectivity index (χ2n) is 5.91. The van der Waals surface area contributed by atoms with Gasteiger partial charge in [-0.15, -0.1) is 0 Å². The number of amides is 1. The van der Waals surface area contributed by atoms with Gasteiger partial charge in [-0.1, -0.05) is 20.8 Å². The molecule has 1 N–H and O–H groups in total. The van der Waals surface area contributed by atoms with Gasteiger partial charge < -0.3 is 10.0 Å². The van der Waals surface area contributed by atoms with Crippen LogP contribution < -0.4 is 0 Å². The summed E-state index contributed by atoms with van der Waals surface area (Å²) in [6.07, 6.45) is 0.939. The van der Waals surface area contributed by atoms with Crippen LogP contribution in [0.1, 0.15) is 27.2 Å². The summed E-state index contributed by atoms with van der Waals surface area (Å²) in [5.74, 6) is -0.820. The van der Waals surface area contributed by atoms with E-state index < -0.39 is 5.97 Å². The Morgan fingerprint density at radius 2 is 1.88 bits per heavy atom. The van der Waals surface area contributed by atoms with E-state index in [0.29, 0.717) is 13.1 Å². The van der Waals surface area contributed by atoms with Crippen LogP contribution in [0.2, 0.25) is 0 Å². The maximum atomic E-state index is 12.1. The minimum atomic E-state index is -0.780. The molecule has 0 radical (unpaired) electrons. The summed E-state index contributed by atoms with van der Waals surface area (Å²) >= 11 is 0. The summed E-state index contributed by atoms with van der Waals surface area (Å²) in [4.78, 5) is 24.8. The SMILES string of the molecule is CC1CN(C(=O)C2CC2(C)C)CC1C(=O)O. The molecule has 1 amide bonds. The Morgan fingerprint density at radius 3 is 2.25 bits per heavy atom. The maximum Gasteiger partial charge on any atom is 0.308 e. The highest BCUT2D eigenvalue weighted by Crippen LogP contribution is 2.52. The van der Waals surface area contributed by atoms with Crippen LogP contribution in [0, 0.1) is 23.2 Å². The van der Waals surface area contributed by atoms with Crippen molar-refractivity contribution in [3.05, 3.63) is 0 Å². The van der Waals surface area contributed by atoms with Gasteiger partial charge in [0.05, 0.1) is 5.92 Å². The molecule has 1 aliphatic carbocycles. The van der Waals surface area contributed by atoms with Crippen LogP contribution in [0.25, 0.3) is 0 Å². The molecule has 0 aromatic carbocycles. The molecule has 2 rings (SSSR count). The fourth-order valence-electron chi connectivity index (χ4n) is 2.58. The van der Waals surface area contributed by atoms with Gasteiger partial charge in [0.15, 0.2) is 0 Å². The summed E-state index contributed by atoms with van der Waals surface area (Å²) in [6, 6.07) is 0. The summed E-state index contributed by atoms with van der Waals surface area (Å²) in [5.41, 5.74) is 0.127. The van der Waals surface area contributed by atoms with Crippen molar-refractivity contribution in [3.8, 4) is 0 Å². The Bertz CT molecular complexity index is 337. The van der Waals surface area contributed by atoms with Gasteiger partial charge in [0, 0.05) is 19.0 Å². The van der Waals surface area contributed by atoms with Gasteiger partial charge in [-0.2, -0.15) is 0 Å². The summed E-state index contributed by atoms with van der Waals surface area (Å²) in [7, 11) is 0. The van der Waals surface area contributed by atoms with Crippen molar-refractivity contribution >= 4 is 11.9 Å². The van der Waals surface area contributed by atoms with Crippen molar-refractivity contribution in [2.45, 2.75) is 27.2 Å². The molecule has 1 aliphatic heterocycles. The van der Waals surface area contributed by atoms with Gasteiger partial charge in [0.2, 0.25) is 5.91 Å². The average molecular weight is 225 g/mol. The maximum absolute atomic E-state index is 12.1. The highest BCUT2D eigenvalue weighted by Gasteiger charge is 2.53. The second-order valence-corrected chi connectivity index (χ2v) is 5.91. The molecule has 3 unspecified atom stereocenters. The molecule has 3 atom stereocenters. The summed E-state index contributed by atoms with van der Waals surface area (Å²) in [5, 5.41) is 9.00. The van der Waals surface area contributed by atoms with Crippen molar-refractivity contribution in [2.75, 3.05) is 13.1 Å². The van der Waals surface area contributed by atoms with Crippen LogP contribution in [0.3, 0.4) is 0 Å². The average Bonchev–Trinajstić information content (AvgIpc) is 2.62. The first-order valence-corrected chi connectivity index (χ1v) is 5.84. The number of likely N-dealkylation sites (tertiary alicyclic amines) is 1. The van der Waals surface area contributed by atoms with Crippen LogP contribution in [-0.2, 0) is 9.59 Å². The Balaban J connectivity index is 1.98. The fraction of sp³-hybridized carbons (Fsp3) is 0.833. The van der Waals surface area contributed by atoms with E-state index in [1.54, 1.807) is 4.90 Å². The number of aliphatic carboxylic acids is 1. The third-order valence-corrected chi connectivity index (χ3v) is 4.05.